The Bertz CT molecular complexity index is 1510. The van der Waals surface area contributed by atoms with Crippen LogP contribution in [0.5, 0.6) is 11.5 Å². The molecule has 1 amide bonds. The first kappa shape index (κ1) is 21.3. The van der Waals surface area contributed by atoms with Gasteiger partial charge in [0.25, 0.3) is 5.91 Å². The summed E-state index contributed by atoms with van der Waals surface area (Å²) in [6.45, 7) is 1.87. The number of hydrogen-bond donors (Lipinski definition) is 2. The fourth-order valence-corrected chi connectivity index (χ4v) is 4.05. The van der Waals surface area contributed by atoms with E-state index in [-0.39, 0.29) is 5.91 Å². The summed E-state index contributed by atoms with van der Waals surface area (Å²) in [6.07, 6.45) is 3.23. The van der Waals surface area contributed by atoms with Crippen molar-refractivity contribution in [2.45, 2.75) is 6.92 Å². The second kappa shape index (κ2) is 8.78. The van der Waals surface area contributed by atoms with Crippen LogP contribution in [0.4, 0.5) is 5.95 Å². The van der Waals surface area contributed by atoms with E-state index in [1.54, 1.807) is 20.5 Å². The third kappa shape index (κ3) is 3.88. The maximum Gasteiger partial charge on any atom is 0.250 e. The van der Waals surface area contributed by atoms with E-state index >= 15 is 0 Å². The molecule has 0 saturated heterocycles. The number of methoxy groups -OCH3 is 2. The van der Waals surface area contributed by atoms with Crippen molar-refractivity contribution in [3.05, 3.63) is 78.6 Å². The van der Waals surface area contributed by atoms with E-state index in [9.17, 15) is 4.79 Å². The molecule has 0 bridgehead atoms. The topological polar surface area (TPSA) is 89.4 Å². The fourth-order valence-electron chi connectivity index (χ4n) is 4.05. The highest BCUT2D eigenvalue weighted by atomic mass is 16.5. The Morgan fingerprint density at radius 1 is 1.00 bits per heavy atom. The molecule has 0 atom stereocenters. The molecule has 3 aromatic carbocycles. The zero-order valence-electron chi connectivity index (χ0n) is 19.0. The molecule has 0 aliphatic heterocycles. The van der Waals surface area contributed by atoms with Crippen LogP contribution in [0.15, 0.2) is 77.4 Å². The van der Waals surface area contributed by atoms with Crippen molar-refractivity contribution in [1.29, 1.82) is 0 Å². The molecule has 0 aliphatic carbocycles. The summed E-state index contributed by atoms with van der Waals surface area (Å²) in [4.78, 5) is 20.2. The molecular formula is C27H23N3O4. The Morgan fingerprint density at radius 3 is 2.56 bits per heavy atom. The van der Waals surface area contributed by atoms with Crippen LogP contribution in [0.3, 0.4) is 0 Å². The summed E-state index contributed by atoms with van der Waals surface area (Å²) in [7, 11) is 3.24. The number of fused-ring (bicyclic) bond motifs is 2. The number of allylic oxidation sites excluding steroid dienone is 1. The predicted molar refractivity (Wildman–Crippen MR) is 133 cm³/mol. The van der Waals surface area contributed by atoms with Gasteiger partial charge in [0.05, 0.1) is 31.5 Å². The Labute approximate surface area is 196 Å². The number of aromatic nitrogens is 2. The van der Waals surface area contributed by atoms with Gasteiger partial charge < -0.3 is 18.9 Å². The lowest BCUT2D eigenvalue weighted by atomic mass is 9.99. The van der Waals surface area contributed by atoms with E-state index in [1.807, 2.05) is 67.6 Å². The van der Waals surface area contributed by atoms with Crippen molar-refractivity contribution in [3.8, 4) is 22.6 Å². The average Bonchev–Trinajstić information content (AvgIpc) is 3.45. The molecule has 5 rings (SSSR count). The molecule has 0 radical (unpaired) electrons. The molecule has 34 heavy (non-hydrogen) atoms. The van der Waals surface area contributed by atoms with Crippen molar-refractivity contribution >= 4 is 39.4 Å². The zero-order chi connectivity index (χ0) is 23.7. The van der Waals surface area contributed by atoms with Crippen LogP contribution in [-0.4, -0.2) is 30.1 Å². The van der Waals surface area contributed by atoms with Gasteiger partial charge in [-0.05, 0) is 36.8 Å². The van der Waals surface area contributed by atoms with Gasteiger partial charge in [0, 0.05) is 34.2 Å². The summed E-state index contributed by atoms with van der Waals surface area (Å²) in [5.41, 5.74) is 5.66. The number of nitrogens with zero attached hydrogens (tertiary/aromatic N) is 1. The minimum Gasteiger partial charge on any atom is -0.496 e. The first-order chi connectivity index (χ1) is 16.6. The van der Waals surface area contributed by atoms with Crippen LogP contribution in [-0.2, 0) is 4.79 Å². The van der Waals surface area contributed by atoms with Gasteiger partial charge in [-0.25, -0.2) is 4.98 Å². The minimum absolute atomic E-state index is 0.296. The average molecular weight is 453 g/mol. The number of carbonyl (C=O) groups excluding carboxylic acids is 1. The number of para-hydroxylation sites is 3. The van der Waals surface area contributed by atoms with Gasteiger partial charge >= 0.3 is 0 Å². The molecule has 0 unspecified atom stereocenters. The summed E-state index contributed by atoms with van der Waals surface area (Å²) < 4.78 is 17.0. The van der Waals surface area contributed by atoms with Gasteiger partial charge in [0.1, 0.15) is 17.1 Å². The van der Waals surface area contributed by atoms with Crippen molar-refractivity contribution in [1.82, 2.24) is 9.97 Å². The van der Waals surface area contributed by atoms with Crippen molar-refractivity contribution in [3.63, 3.8) is 0 Å². The predicted octanol–water partition coefficient (Wildman–Crippen LogP) is 6.04. The van der Waals surface area contributed by atoms with Gasteiger partial charge in [-0.15, -0.1) is 0 Å². The van der Waals surface area contributed by atoms with E-state index in [0.717, 1.165) is 44.4 Å². The molecule has 2 heterocycles. The number of ether oxygens (including phenoxy) is 2. The molecule has 0 spiro atoms. The van der Waals surface area contributed by atoms with Gasteiger partial charge in [-0.2, -0.15) is 0 Å². The van der Waals surface area contributed by atoms with Crippen LogP contribution in [0, 0.1) is 0 Å². The molecule has 2 N–H and O–H groups in total. The number of imidazole rings is 1. The quantitative estimate of drug-likeness (QED) is 0.306. The first-order valence-corrected chi connectivity index (χ1v) is 10.7. The monoisotopic (exact) mass is 453 g/mol. The summed E-state index contributed by atoms with van der Waals surface area (Å²) in [5, 5.41) is 3.69. The second-order valence-electron chi connectivity index (χ2n) is 7.82. The largest absolute Gasteiger partial charge is 0.496 e. The van der Waals surface area contributed by atoms with Crippen LogP contribution in [0.2, 0.25) is 0 Å². The number of benzene rings is 3. The highest BCUT2D eigenvalue weighted by molar-refractivity contribution is 6.05. The highest BCUT2D eigenvalue weighted by Crippen LogP contribution is 2.40. The van der Waals surface area contributed by atoms with E-state index in [1.165, 1.54) is 6.08 Å². The van der Waals surface area contributed by atoms with Gasteiger partial charge in [0.2, 0.25) is 5.95 Å². The van der Waals surface area contributed by atoms with Crippen molar-refractivity contribution in [2.24, 2.45) is 0 Å². The number of furan rings is 1. The van der Waals surface area contributed by atoms with Crippen LogP contribution < -0.4 is 14.8 Å². The van der Waals surface area contributed by atoms with Crippen molar-refractivity contribution < 1.29 is 18.7 Å². The SMILES string of the molecule is COc1cc2occ(-c3ccccc3OC)c2cc1/C(C)=C/C(=O)Nc1nc2ccccc2[nH]1. The number of aromatic amines is 1. The maximum atomic E-state index is 12.7. The molecular weight excluding hydrogens is 430 g/mol. The molecule has 5 aromatic rings. The lowest BCUT2D eigenvalue weighted by molar-refractivity contribution is -0.111. The fraction of sp³-hybridized carbons (Fsp3) is 0.111. The number of carbonyl (C=O) groups is 1. The summed E-state index contributed by atoms with van der Waals surface area (Å²) in [5.74, 6) is 1.46. The van der Waals surface area contributed by atoms with Gasteiger partial charge in [-0.3, -0.25) is 10.1 Å². The molecule has 2 aromatic heterocycles. The molecule has 170 valence electrons. The van der Waals surface area contributed by atoms with Crippen LogP contribution in [0.25, 0.3) is 38.7 Å². The number of anilines is 1. The maximum absolute atomic E-state index is 12.7. The molecule has 0 fully saturated rings. The first-order valence-electron chi connectivity index (χ1n) is 10.7. The third-order valence-electron chi connectivity index (χ3n) is 5.70. The minimum atomic E-state index is -0.296. The molecule has 0 saturated carbocycles. The molecule has 7 nitrogen and oxygen atoms in total. The van der Waals surface area contributed by atoms with E-state index < -0.39 is 0 Å². The second-order valence-corrected chi connectivity index (χ2v) is 7.82. The van der Waals surface area contributed by atoms with E-state index in [2.05, 4.69) is 15.3 Å². The molecule has 0 aliphatic rings. The Hall–Kier alpha value is -4.52. The van der Waals surface area contributed by atoms with Crippen LogP contribution in [0.1, 0.15) is 12.5 Å². The third-order valence-corrected chi connectivity index (χ3v) is 5.70. The number of rotatable bonds is 6. The lowest BCUT2D eigenvalue weighted by Gasteiger charge is -2.11. The number of amides is 1. The normalized spacial score (nSPS) is 11.7. The standard InChI is InChI=1S/C27H23N3O4/c1-16(12-26(31)30-27-28-21-9-5-6-10-22(21)29-27)18-13-19-20(15-34-25(19)14-24(18)33-3)17-8-4-7-11-23(17)32-2/h4-15H,1-3H3,(H2,28,29,30,31)/b16-12+. The smallest absolute Gasteiger partial charge is 0.250 e. The zero-order valence-corrected chi connectivity index (χ0v) is 19.0. The highest BCUT2D eigenvalue weighted by Gasteiger charge is 2.17. The number of nitrogens with one attached hydrogen (secondary N) is 2. The Kier molecular flexibility index (Phi) is 5.51. The molecule has 7 heteroatoms. The van der Waals surface area contributed by atoms with Crippen LogP contribution >= 0.6 is 0 Å². The lowest BCUT2D eigenvalue weighted by Crippen LogP contribution is -2.09. The Balaban J connectivity index is 1.51. The van der Waals surface area contributed by atoms with Gasteiger partial charge in [-0.1, -0.05) is 30.3 Å². The van der Waals surface area contributed by atoms with Gasteiger partial charge in [0.15, 0.2) is 0 Å². The van der Waals surface area contributed by atoms with E-state index in [4.69, 9.17) is 13.9 Å². The van der Waals surface area contributed by atoms with E-state index in [0.29, 0.717) is 17.3 Å². The summed E-state index contributed by atoms with van der Waals surface area (Å²) in [6, 6.07) is 19.2. The number of hydrogen-bond acceptors (Lipinski definition) is 5. The Morgan fingerprint density at radius 2 is 1.76 bits per heavy atom. The summed E-state index contributed by atoms with van der Waals surface area (Å²) >= 11 is 0. The number of H-pyrrole nitrogens is 1. The van der Waals surface area contributed by atoms with Crippen molar-refractivity contribution in [2.75, 3.05) is 19.5 Å².